The first kappa shape index (κ1) is 15.1. The fourth-order valence-electron chi connectivity index (χ4n) is 2.23. The molecular weight excluding hydrogens is 320 g/mol. The maximum absolute atomic E-state index is 13.9. The van der Waals surface area contributed by atoms with E-state index in [1.807, 2.05) is 11.2 Å². The molecule has 3 rings (SSSR count). The van der Waals surface area contributed by atoms with Gasteiger partial charge in [-0.2, -0.15) is 4.99 Å². The summed E-state index contributed by atoms with van der Waals surface area (Å²) in [5.74, 6) is 4.96. The molecule has 0 aliphatic heterocycles. The molecule has 1 aliphatic rings. The third kappa shape index (κ3) is 3.15. The lowest BCUT2D eigenvalue weighted by molar-refractivity contribution is 0.426. The summed E-state index contributed by atoms with van der Waals surface area (Å²) in [4.78, 5) is 5.66. The minimum Gasteiger partial charge on any atom is -0.206 e. The number of hydrogen-bond acceptors (Lipinski definition) is 3. The molecule has 1 aliphatic carbocycles. The van der Waals surface area contributed by atoms with Crippen LogP contribution in [0, 0.1) is 23.5 Å². The number of aliphatic imine (C=N–C) groups is 1. The molecule has 0 amide bonds. The van der Waals surface area contributed by atoms with Crippen LogP contribution >= 0.6 is 23.6 Å². The van der Waals surface area contributed by atoms with Crippen molar-refractivity contribution in [3.8, 4) is 11.8 Å². The van der Waals surface area contributed by atoms with E-state index in [4.69, 9.17) is 0 Å². The Bertz CT molecular complexity index is 819. The Morgan fingerprint density at radius 1 is 1.14 bits per heavy atom. The van der Waals surface area contributed by atoms with Crippen LogP contribution in [0.4, 0.5) is 14.5 Å². The summed E-state index contributed by atoms with van der Waals surface area (Å²) in [6.45, 7) is 0. The van der Waals surface area contributed by atoms with E-state index in [9.17, 15) is 8.78 Å². The first-order valence-corrected chi connectivity index (χ1v) is 8.08. The van der Waals surface area contributed by atoms with Gasteiger partial charge in [0.15, 0.2) is 5.82 Å². The highest BCUT2D eigenvalue weighted by molar-refractivity contribution is 7.78. The predicted molar refractivity (Wildman–Crippen MR) is 87.9 cm³/mol. The molecule has 0 bridgehead atoms. The van der Waals surface area contributed by atoms with Crippen molar-refractivity contribution >= 4 is 34.4 Å². The summed E-state index contributed by atoms with van der Waals surface area (Å²) in [6, 6.07) is 6.03. The van der Waals surface area contributed by atoms with Crippen LogP contribution in [0.1, 0.15) is 40.5 Å². The molecule has 0 N–H and O–H groups in total. The van der Waals surface area contributed by atoms with Gasteiger partial charge in [-0.25, -0.2) is 8.78 Å². The molecule has 22 heavy (non-hydrogen) atoms. The van der Waals surface area contributed by atoms with Crippen molar-refractivity contribution in [3.63, 3.8) is 0 Å². The number of thiocarbonyl (C=S) groups is 1. The van der Waals surface area contributed by atoms with Crippen molar-refractivity contribution in [3.05, 3.63) is 51.2 Å². The maximum atomic E-state index is 13.9. The van der Waals surface area contributed by atoms with Gasteiger partial charge >= 0.3 is 0 Å². The fraction of sp³-hybridized carbons (Fsp3) is 0.235. The molecule has 1 saturated carbocycles. The molecule has 0 saturated heterocycles. The molecule has 1 nitrogen and oxygen atoms in total. The zero-order valence-corrected chi connectivity index (χ0v) is 13.2. The molecule has 1 aromatic heterocycles. The first-order chi connectivity index (χ1) is 10.7. The quantitative estimate of drug-likeness (QED) is 0.406. The molecular formula is C17H11F2NS2. The van der Waals surface area contributed by atoms with E-state index in [2.05, 4.69) is 35.1 Å². The number of halogens is 2. The summed E-state index contributed by atoms with van der Waals surface area (Å²) in [5.41, 5.74) is -0.152. The van der Waals surface area contributed by atoms with Crippen LogP contribution in [-0.4, -0.2) is 5.16 Å². The van der Waals surface area contributed by atoms with Gasteiger partial charge in [0.2, 0.25) is 0 Å². The Kier molecular flexibility index (Phi) is 4.44. The normalized spacial score (nSPS) is 13.7. The van der Waals surface area contributed by atoms with Crippen LogP contribution in [0.25, 0.3) is 0 Å². The number of nitrogens with zero attached hydrogens (tertiary/aromatic N) is 1. The van der Waals surface area contributed by atoms with Gasteiger partial charge < -0.3 is 0 Å². The Morgan fingerprint density at radius 3 is 2.64 bits per heavy atom. The molecule has 5 heteroatoms. The second-order valence-electron chi connectivity index (χ2n) is 5.07. The van der Waals surface area contributed by atoms with Crippen LogP contribution in [-0.2, 0) is 0 Å². The van der Waals surface area contributed by atoms with Gasteiger partial charge in [0.1, 0.15) is 11.5 Å². The SMILES string of the molecule is Fc1cc(N=C=S)c(F)cc1C#Cc1ccc(C2CCC2)s1. The van der Waals surface area contributed by atoms with Gasteiger partial charge in [0.05, 0.1) is 15.6 Å². The molecule has 0 spiro atoms. The lowest BCUT2D eigenvalue weighted by atomic mass is 9.84. The van der Waals surface area contributed by atoms with Gasteiger partial charge in [-0.15, -0.1) is 11.3 Å². The Morgan fingerprint density at radius 2 is 1.95 bits per heavy atom. The van der Waals surface area contributed by atoms with Crippen molar-refractivity contribution in [2.45, 2.75) is 25.2 Å². The molecule has 1 aromatic carbocycles. The van der Waals surface area contributed by atoms with Crippen LogP contribution in [0.15, 0.2) is 29.3 Å². The van der Waals surface area contributed by atoms with E-state index in [0.29, 0.717) is 5.92 Å². The summed E-state index contributed by atoms with van der Waals surface area (Å²) in [7, 11) is 0. The van der Waals surface area contributed by atoms with E-state index in [0.717, 1.165) is 17.0 Å². The maximum Gasteiger partial charge on any atom is 0.151 e. The summed E-state index contributed by atoms with van der Waals surface area (Å²) >= 11 is 6.02. The van der Waals surface area contributed by atoms with Crippen molar-refractivity contribution in [1.82, 2.24) is 0 Å². The molecule has 1 fully saturated rings. The number of rotatable bonds is 2. The highest BCUT2D eigenvalue weighted by atomic mass is 32.1. The Labute approximate surface area is 136 Å². The Balaban J connectivity index is 1.85. The van der Waals surface area contributed by atoms with Crippen LogP contribution in [0.5, 0.6) is 0 Å². The number of thiophene rings is 1. The molecule has 2 aromatic rings. The van der Waals surface area contributed by atoms with Crippen molar-refractivity contribution in [2.24, 2.45) is 4.99 Å². The van der Waals surface area contributed by atoms with Gasteiger partial charge in [0, 0.05) is 10.9 Å². The minimum absolute atomic E-state index is 0.0133. The average Bonchev–Trinajstić information content (AvgIpc) is 2.88. The third-order valence-electron chi connectivity index (χ3n) is 3.66. The van der Waals surface area contributed by atoms with Gasteiger partial charge in [0.25, 0.3) is 0 Å². The van der Waals surface area contributed by atoms with Crippen molar-refractivity contribution in [2.75, 3.05) is 0 Å². The topological polar surface area (TPSA) is 12.4 Å². The molecule has 0 radical (unpaired) electrons. The minimum atomic E-state index is -0.663. The van der Waals surface area contributed by atoms with E-state index in [1.165, 1.54) is 24.1 Å². The van der Waals surface area contributed by atoms with Crippen LogP contribution < -0.4 is 0 Å². The molecule has 0 unspecified atom stereocenters. The average molecular weight is 331 g/mol. The second kappa shape index (κ2) is 6.50. The highest BCUT2D eigenvalue weighted by Gasteiger charge is 2.20. The van der Waals surface area contributed by atoms with Crippen molar-refractivity contribution in [1.29, 1.82) is 0 Å². The Hall–Kier alpha value is -1.86. The van der Waals surface area contributed by atoms with Crippen LogP contribution in [0.3, 0.4) is 0 Å². The van der Waals surface area contributed by atoms with E-state index < -0.39 is 11.6 Å². The highest BCUT2D eigenvalue weighted by Crippen LogP contribution is 2.39. The summed E-state index contributed by atoms with van der Waals surface area (Å²) < 4.78 is 27.6. The predicted octanol–water partition coefficient (Wildman–Crippen LogP) is 5.43. The van der Waals surface area contributed by atoms with E-state index >= 15 is 0 Å². The van der Waals surface area contributed by atoms with Gasteiger partial charge in [-0.3, -0.25) is 0 Å². The van der Waals surface area contributed by atoms with Crippen LogP contribution in [0.2, 0.25) is 0 Å². The molecule has 110 valence electrons. The molecule has 0 atom stereocenters. The van der Waals surface area contributed by atoms with Gasteiger partial charge in [-0.05, 0) is 49.2 Å². The zero-order chi connectivity index (χ0) is 15.5. The number of hydrogen-bond donors (Lipinski definition) is 0. The second-order valence-corrected chi connectivity index (χ2v) is 6.36. The third-order valence-corrected chi connectivity index (χ3v) is 4.91. The number of isothiocyanates is 1. The lowest BCUT2D eigenvalue weighted by Crippen LogP contribution is -2.06. The van der Waals surface area contributed by atoms with E-state index in [1.54, 1.807) is 11.3 Å². The fourth-order valence-corrected chi connectivity index (χ4v) is 3.36. The molecule has 1 heterocycles. The first-order valence-electron chi connectivity index (χ1n) is 6.86. The van der Waals surface area contributed by atoms with Crippen molar-refractivity contribution < 1.29 is 8.78 Å². The summed E-state index contributed by atoms with van der Waals surface area (Å²) in [6.07, 6.45) is 3.74. The van der Waals surface area contributed by atoms with E-state index in [-0.39, 0.29) is 11.3 Å². The standard InChI is InChI=1S/C17H11F2NS2/c18-14-9-16(20-10-21)15(19)8-12(14)4-5-13-6-7-17(22-13)11-2-1-3-11/h6-9,11H,1-3H2. The van der Waals surface area contributed by atoms with Gasteiger partial charge in [-0.1, -0.05) is 18.3 Å². The largest absolute Gasteiger partial charge is 0.206 e. The smallest absolute Gasteiger partial charge is 0.151 e. The zero-order valence-electron chi connectivity index (χ0n) is 11.5. The lowest BCUT2D eigenvalue weighted by Gasteiger charge is -2.23. The summed E-state index contributed by atoms with van der Waals surface area (Å²) in [5, 5.41) is 2.02. The number of benzene rings is 1. The monoisotopic (exact) mass is 331 g/mol.